The van der Waals surface area contributed by atoms with E-state index in [-0.39, 0.29) is 11.9 Å². The second kappa shape index (κ2) is 3.61. The van der Waals surface area contributed by atoms with Gasteiger partial charge >= 0.3 is 0 Å². The predicted octanol–water partition coefficient (Wildman–Crippen LogP) is 2.59. The second-order valence-electron chi connectivity index (χ2n) is 3.28. The molecule has 0 fully saturated rings. The Morgan fingerprint density at radius 2 is 2.21 bits per heavy atom. The number of halogens is 1. The molecule has 0 unspecified atom stereocenters. The molecule has 1 amide bonds. The van der Waals surface area contributed by atoms with Gasteiger partial charge in [-0.2, -0.15) is 0 Å². The molecule has 1 aromatic carbocycles. The highest BCUT2D eigenvalue weighted by molar-refractivity contribution is 9.10. The number of amides is 1. The van der Waals surface area contributed by atoms with Crippen LogP contribution in [-0.4, -0.2) is 11.9 Å². The molecule has 0 aliphatic carbocycles. The largest absolute Gasteiger partial charge is 0.372 e. The van der Waals surface area contributed by atoms with Gasteiger partial charge in [0.1, 0.15) is 6.04 Å². The van der Waals surface area contributed by atoms with E-state index in [4.69, 9.17) is 0 Å². The Bertz CT molecular complexity index is 378. The van der Waals surface area contributed by atoms with Crippen molar-refractivity contribution < 1.29 is 4.79 Å². The van der Waals surface area contributed by atoms with Gasteiger partial charge in [0.15, 0.2) is 0 Å². The van der Waals surface area contributed by atoms with Crippen molar-refractivity contribution in [3.63, 3.8) is 0 Å². The molecule has 3 nitrogen and oxygen atoms in total. The number of anilines is 2. The van der Waals surface area contributed by atoms with E-state index in [0.29, 0.717) is 0 Å². The zero-order valence-corrected chi connectivity index (χ0v) is 9.39. The minimum Gasteiger partial charge on any atom is -0.372 e. The Kier molecular flexibility index (Phi) is 2.46. The fourth-order valence-corrected chi connectivity index (χ4v) is 1.87. The van der Waals surface area contributed by atoms with E-state index in [1.54, 1.807) is 0 Å². The summed E-state index contributed by atoms with van der Waals surface area (Å²) in [5, 5.41) is 6.06. The molecule has 14 heavy (non-hydrogen) atoms. The molecule has 2 N–H and O–H groups in total. The van der Waals surface area contributed by atoms with E-state index in [1.165, 1.54) is 0 Å². The van der Waals surface area contributed by atoms with Crippen molar-refractivity contribution in [2.45, 2.75) is 19.4 Å². The smallest absolute Gasteiger partial charge is 0.246 e. The Labute approximate surface area is 91.0 Å². The van der Waals surface area contributed by atoms with Gasteiger partial charge in [0.2, 0.25) is 5.91 Å². The fourth-order valence-electron chi connectivity index (χ4n) is 1.51. The van der Waals surface area contributed by atoms with E-state index in [9.17, 15) is 4.79 Å². The summed E-state index contributed by atoms with van der Waals surface area (Å²) in [4.78, 5) is 11.5. The molecule has 1 heterocycles. The Morgan fingerprint density at radius 1 is 1.43 bits per heavy atom. The van der Waals surface area contributed by atoms with Crippen LogP contribution in [0.1, 0.15) is 13.3 Å². The van der Waals surface area contributed by atoms with Gasteiger partial charge in [0.05, 0.1) is 11.4 Å². The van der Waals surface area contributed by atoms with E-state index < -0.39 is 0 Å². The summed E-state index contributed by atoms with van der Waals surface area (Å²) >= 11 is 3.36. The predicted molar refractivity (Wildman–Crippen MR) is 60.5 cm³/mol. The maximum Gasteiger partial charge on any atom is 0.246 e. The van der Waals surface area contributed by atoms with Crippen molar-refractivity contribution in [2.75, 3.05) is 10.6 Å². The lowest BCUT2D eigenvalue weighted by atomic mass is 10.1. The number of carbonyl (C=O) groups is 1. The molecule has 0 saturated carbocycles. The van der Waals surface area contributed by atoms with E-state index >= 15 is 0 Å². The Balaban J connectivity index is 2.35. The lowest BCUT2D eigenvalue weighted by Crippen LogP contribution is -2.38. The van der Waals surface area contributed by atoms with Gasteiger partial charge in [-0.15, -0.1) is 0 Å². The van der Waals surface area contributed by atoms with Crippen molar-refractivity contribution in [3.8, 4) is 0 Å². The first-order valence-corrected chi connectivity index (χ1v) is 5.37. The van der Waals surface area contributed by atoms with Crippen LogP contribution in [0.25, 0.3) is 0 Å². The van der Waals surface area contributed by atoms with Gasteiger partial charge in [-0.05, 0) is 24.6 Å². The van der Waals surface area contributed by atoms with Crippen LogP contribution in [0.2, 0.25) is 0 Å². The molecular formula is C10H11BrN2O. The first-order chi connectivity index (χ1) is 6.70. The Morgan fingerprint density at radius 3 is 2.93 bits per heavy atom. The van der Waals surface area contributed by atoms with Gasteiger partial charge in [0, 0.05) is 4.47 Å². The van der Waals surface area contributed by atoms with Crippen molar-refractivity contribution in [1.82, 2.24) is 0 Å². The first kappa shape index (κ1) is 9.52. The standard InChI is InChI=1S/C10H11BrN2O/c1-2-7-10(14)13-9-5-6(11)3-4-8(9)12-7/h3-5,7,12H,2H2,1H3,(H,13,14)/t7-/m0/s1. The summed E-state index contributed by atoms with van der Waals surface area (Å²) in [5.41, 5.74) is 1.83. The third-order valence-electron chi connectivity index (χ3n) is 2.29. The minimum atomic E-state index is -0.108. The molecule has 1 atom stereocenters. The SMILES string of the molecule is CC[C@@H]1Nc2ccc(Br)cc2NC1=O. The topological polar surface area (TPSA) is 41.1 Å². The van der Waals surface area contributed by atoms with Crippen LogP contribution >= 0.6 is 15.9 Å². The lowest BCUT2D eigenvalue weighted by molar-refractivity contribution is -0.117. The third-order valence-corrected chi connectivity index (χ3v) is 2.79. The van der Waals surface area contributed by atoms with Gasteiger partial charge in [-0.1, -0.05) is 22.9 Å². The maximum atomic E-state index is 11.5. The van der Waals surface area contributed by atoms with Crippen LogP contribution in [0, 0.1) is 0 Å². The van der Waals surface area contributed by atoms with Gasteiger partial charge in [-0.3, -0.25) is 4.79 Å². The summed E-state index contributed by atoms with van der Waals surface area (Å²) in [6.45, 7) is 1.99. The number of fused-ring (bicyclic) bond motifs is 1. The highest BCUT2D eigenvalue weighted by Crippen LogP contribution is 2.30. The number of hydrogen-bond donors (Lipinski definition) is 2. The lowest BCUT2D eigenvalue weighted by Gasteiger charge is -2.25. The second-order valence-corrected chi connectivity index (χ2v) is 4.20. The molecule has 4 heteroatoms. The van der Waals surface area contributed by atoms with E-state index in [2.05, 4.69) is 26.6 Å². The maximum absolute atomic E-state index is 11.5. The van der Waals surface area contributed by atoms with Crippen molar-refractivity contribution in [3.05, 3.63) is 22.7 Å². The monoisotopic (exact) mass is 254 g/mol. The molecular weight excluding hydrogens is 244 g/mol. The molecule has 1 aliphatic heterocycles. The molecule has 74 valence electrons. The highest BCUT2D eigenvalue weighted by atomic mass is 79.9. The summed E-state index contributed by atoms with van der Waals surface area (Å²) in [7, 11) is 0. The summed E-state index contributed by atoms with van der Waals surface area (Å²) in [6.07, 6.45) is 0.793. The zero-order chi connectivity index (χ0) is 10.1. The average Bonchev–Trinajstić information content (AvgIpc) is 2.16. The number of hydrogen-bond acceptors (Lipinski definition) is 2. The molecule has 0 radical (unpaired) electrons. The Hall–Kier alpha value is -1.03. The average molecular weight is 255 g/mol. The van der Waals surface area contributed by atoms with Crippen LogP contribution in [0.3, 0.4) is 0 Å². The molecule has 0 spiro atoms. The number of carbonyl (C=O) groups excluding carboxylic acids is 1. The quantitative estimate of drug-likeness (QED) is 0.809. The van der Waals surface area contributed by atoms with Crippen LogP contribution in [-0.2, 0) is 4.79 Å². The molecule has 2 rings (SSSR count). The normalized spacial score (nSPS) is 19.6. The molecule has 0 aromatic heterocycles. The molecule has 0 bridgehead atoms. The van der Waals surface area contributed by atoms with Crippen LogP contribution < -0.4 is 10.6 Å². The van der Waals surface area contributed by atoms with Crippen molar-refractivity contribution in [1.29, 1.82) is 0 Å². The van der Waals surface area contributed by atoms with Gasteiger partial charge < -0.3 is 10.6 Å². The van der Waals surface area contributed by atoms with E-state index in [1.807, 2.05) is 25.1 Å². The number of nitrogens with one attached hydrogen (secondary N) is 2. The van der Waals surface area contributed by atoms with Gasteiger partial charge in [-0.25, -0.2) is 0 Å². The van der Waals surface area contributed by atoms with Crippen molar-refractivity contribution >= 4 is 33.2 Å². The van der Waals surface area contributed by atoms with Crippen molar-refractivity contribution in [2.24, 2.45) is 0 Å². The number of benzene rings is 1. The van der Waals surface area contributed by atoms with E-state index in [0.717, 1.165) is 22.3 Å². The summed E-state index contributed by atoms with van der Waals surface area (Å²) in [5.74, 6) is 0.0399. The number of rotatable bonds is 1. The molecule has 1 aliphatic rings. The summed E-state index contributed by atoms with van der Waals surface area (Å²) in [6, 6.07) is 5.70. The zero-order valence-electron chi connectivity index (χ0n) is 7.80. The van der Waals surface area contributed by atoms with Gasteiger partial charge in [0.25, 0.3) is 0 Å². The van der Waals surface area contributed by atoms with Crippen LogP contribution in [0.4, 0.5) is 11.4 Å². The minimum absolute atomic E-state index is 0.0399. The third kappa shape index (κ3) is 1.62. The summed E-state index contributed by atoms with van der Waals surface area (Å²) < 4.78 is 0.966. The fraction of sp³-hybridized carbons (Fsp3) is 0.300. The van der Waals surface area contributed by atoms with Crippen LogP contribution in [0.5, 0.6) is 0 Å². The molecule has 1 aromatic rings. The highest BCUT2D eigenvalue weighted by Gasteiger charge is 2.23. The molecule has 0 saturated heterocycles. The van der Waals surface area contributed by atoms with Crippen LogP contribution in [0.15, 0.2) is 22.7 Å². The first-order valence-electron chi connectivity index (χ1n) is 4.57.